The Morgan fingerprint density at radius 2 is 2.18 bits per heavy atom. The van der Waals surface area contributed by atoms with E-state index in [-0.39, 0.29) is 17.7 Å². The van der Waals surface area contributed by atoms with E-state index in [0.29, 0.717) is 12.3 Å². The molecule has 1 aromatic rings. The van der Waals surface area contributed by atoms with Crippen LogP contribution in [0.1, 0.15) is 44.3 Å². The predicted molar refractivity (Wildman–Crippen MR) is 68.1 cm³/mol. The quantitative estimate of drug-likeness (QED) is 0.854. The summed E-state index contributed by atoms with van der Waals surface area (Å²) in [5.74, 6) is 0.511. The Kier molecular flexibility index (Phi) is 3.67. The lowest BCUT2D eigenvalue weighted by atomic mass is 9.81. The van der Waals surface area contributed by atoms with Crippen LogP contribution in [0.2, 0.25) is 0 Å². The molecule has 94 valence electrons. The first kappa shape index (κ1) is 12.4. The van der Waals surface area contributed by atoms with E-state index in [2.05, 4.69) is 6.92 Å². The molecule has 0 saturated heterocycles. The lowest BCUT2D eigenvalue weighted by Crippen LogP contribution is -2.36. The fourth-order valence-corrected chi connectivity index (χ4v) is 3.01. The number of hydrogen-bond donors (Lipinski definition) is 1. The van der Waals surface area contributed by atoms with Gasteiger partial charge in [0.25, 0.3) is 5.56 Å². The van der Waals surface area contributed by atoms with Crippen molar-refractivity contribution in [3.05, 3.63) is 34.2 Å². The molecule has 1 fully saturated rings. The van der Waals surface area contributed by atoms with Crippen LogP contribution in [0.15, 0.2) is 23.0 Å². The Morgan fingerprint density at radius 1 is 1.41 bits per heavy atom. The molecule has 3 unspecified atom stereocenters. The highest BCUT2D eigenvalue weighted by Crippen LogP contribution is 2.35. The van der Waals surface area contributed by atoms with Crippen molar-refractivity contribution in [2.24, 2.45) is 5.92 Å². The third kappa shape index (κ3) is 2.44. The Hall–Kier alpha value is -1.09. The molecule has 17 heavy (non-hydrogen) atoms. The average molecular weight is 235 g/mol. The van der Waals surface area contributed by atoms with Gasteiger partial charge in [-0.1, -0.05) is 19.4 Å². The standard InChI is InChI=1S/C14H21NO2/c1-3-11-7-8-12(16)9-13(11)15-10(2)5-4-6-14(15)17/h4-6,11-13,16H,3,7-9H2,1-2H3. The van der Waals surface area contributed by atoms with Gasteiger partial charge in [-0.05, 0) is 38.2 Å². The first-order chi connectivity index (χ1) is 8.13. The molecule has 0 bridgehead atoms. The smallest absolute Gasteiger partial charge is 0.250 e. The number of nitrogens with zero attached hydrogens (tertiary/aromatic N) is 1. The number of aliphatic hydroxyl groups excluding tert-OH is 1. The summed E-state index contributed by atoms with van der Waals surface area (Å²) in [4.78, 5) is 12.0. The van der Waals surface area contributed by atoms with E-state index < -0.39 is 0 Å². The normalized spacial score (nSPS) is 29.2. The number of aryl methyl sites for hydroxylation is 1. The van der Waals surface area contributed by atoms with Gasteiger partial charge in [0, 0.05) is 17.8 Å². The highest BCUT2D eigenvalue weighted by molar-refractivity contribution is 5.07. The summed E-state index contributed by atoms with van der Waals surface area (Å²) in [5, 5.41) is 9.82. The number of hydrogen-bond acceptors (Lipinski definition) is 2. The highest BCUT2D eigenvalue weighted by atomic mass is 16.3. The molecule has 3 heteroatoms. The van der Waals surface area contributed by atoms with Gasteiger partial charge in [0.15, 0.2) is 0 Å². The molecule has 1 aliphatic carbocycles. The van der Waals surface area contributed by atoms with E-state index >= 15 is 0 Å². The average Bonchev–Trinajstić information content (AvgIpc) is 2.29. The fourth-order valence-electron chi connectivity index (χ4n) is 3.01. The maximum Gasteiger partial charge on any atom is 0.250 e. The zero-order valence-electron chi connectivity index (χ0n) is 10.6. The number of pyridine rings is 1. The molecule has 1 aromatic heterocycles. The topological polar surface area (TPSA) is 42.2 Å². The van der Waals surface area contributed by atoms with Gasteiger partial charge in [-0.25, -0.2) is 0 Å². The maximum absolute atomic E-state index is 12.0. The molecule has 1 saturated carbocycles. The minimum Gasteiger partial charge on any atom is -0.393 e. The number of rotatable bonds is 2. The van der Waals surface area contributed by atoms with Crippen molar-refractivity contribution < 1.29 is 5.11 Å². The minimum absolute atomic E-state index is 0.0579. The van der Waals surface area contributed by atoms with Crippen molar-refractivity contribution in [1.29, 1.82) is 0 Å². The molecule has 1 heterocycles. The molecule has 0 amide bonds. The molecule has 0 aliphatic heterocycles. The summed E-state index contributed by atoms with van der Waals surface area (Å²) >= 11 is 0. The van der Waals surface area contributed by atoms with Crippen LogP contribution in [0.3, 0.4) is 0 Å². The molecule has 0 radical (unpaired) electrons. The van der Waals surface area contributed by atoms with Crippen LogP contribution in [0.25, 0.3) is 0 Å². The fraction of sp³-hybridized carbons (Fsp3) is 0.643. The van der Waals surface area contributed by atoms with Gasteiger partial charge in [-0.15, -0.1) is 0 Å². The van der Waals surface area contributed by atoms with Gasteiger partial charge in [0.05, 0.1) is 6.10 Å². The zero-order valence-corrected chi connectivity index (χ0v) is 10.6. The van der Waals surface area contributed by atoms with Crippen LogP contribution in [-0.2, 0) is 0 Å². The highest BCUT2D eigenvalue weighted by Gasteiger charge is 2.30. The Bertz CT molecular complexity index is 438. The maximum atomic E-state index is 12.0. The Labute approximate surface area is 102 Å². The summed E-state index contributed by atoms with van der Waals surface area (Å²) in [7, 11) is 0. The molecule has 1 aliphatic rings. The van der Waals surface area contributed by atoms with Gasteiger partial charge < -0.3 is 9.67 Å². The van der Waals surface area contributed by atoms with Gasteiger partial charge in [0.1, 0.15) is 0 Å². The summed E-state index contributed by atoms with van der Waals surface area (Å²) in [6, 6.07) is 5.54. The van der Waals surface area contributed by atoms with Crippen molar-refractivity contribution in [3.8, 4) is 0 Å². The lowest BCUT2D eigenvalue weighted by Gasteiger charge is -2.35. The molecular formula is C14H21NO2. The predicted octanol–water partition coefficient (Wildman–Crippen LogP) is 2.27. The number of aromatic nitrogens is 1. The van der Waals surface area contributed by atoms with Crippen LogP contribution in [0.5, 0.6) is 0 Å². The van der Waals surface area contributed by atoms with E-state index in [1.807, 2.05) is 17.6 Å². The summed E-state index contributed by atoms with van der Waals surface area (Å²) in [5.41, 5.74) is 1.05. The molecule has 2 rings (SSSR count). The molecule has 0 aromatic carbocycles. The lowest BCUT2D eigenvalue weighted by molar-refractivity contribution is 0.0693. The van der Waals surface area contributed by atoms with Crippen LogP contribution in [-0.4, -0.2) is 15.8 Å². The van der Waals surface area contributed by atoms with E-state index in [0.717, 1.165) is 25.0 Å². The third-order valence-corrected chi connectivity index (χ3v) is 3.98. The SMILES string of the molecule is CCC1CCC(O)CC1n1c(C)cccc1=O. The van der Waals surface area contributed by atoms with Gasteiger partial charge >= 0.3 is 0 Å². The zero-order chi connectivity index (χ0) is 12.4. The van der Waals surface area contributed by atoms with Gasteiger partial charge in [0.2, 0.25) is 0 Å². The van der Waals surface area contributed by atoms with Gasteiger partial charge in [-0.2, -0.15) is 0 Å². The van der Waals surface area contributed by atoms with Crippen molar-refractivity contribution in [1.82, 2.24) is 4.57 Å². The largest absolute Gasteiger partial charge is 0.393 e. The second kappa shape index (κ2) is 5.05. The van der Waals surface area contributed by atoms with E-state index in [4.69, 9.17) is 0 Å². The van der Waals surface area contributed by atoms with E-state index in [9.17, 15) is 9.90 Å². The van der Waals surface area contributed by atoms with Crippen LogP contribution in [0.4, 0.5) is 0 Å². The van der Waals surface area contributed by atoms with Crippen LogP contribution in [0, 0.1) is 12.8 Å². The van der Waals surface area contributed by atoms with Gasteiger partial charge in [-0.3, -0.25) is 4.79 Å². The third-order valence-electron chi connectivity index (χ3n) is 3.98. The van der Waals surface area contributed by atoms with E-state index in [1.54, 1.807) is 12.1 Å². The van der Waals surface area contributed by atoms with Crippen molar-refractivity contribution in [2.75, 3.05) is 0 Å². The second-order valence-electron chi connectivity index (χ2n) is 5.08. The number of aliphatic hydroxyl groups is 1. The molecular weight excluding hydrogens is 214 g/mol. The summed E-state index contributed by atoms with van der Waals surface area (Å²) < 4.78 is 1.87. The van der Waals surface area contributed by atoms with Crippen LogP contribution >= 0.6 is 0 Å². The first-order valence-electron chi connectivity index (χ1n) is 6.49. The monoisotopic (exact) mass is 235 g/mol. The van der Waals surface area contributed by atoms with Crippen LogP contribution < -0.4 is 5.56 Å². The molecule has 0 spiro atoms. The second-order valence-corrected chi connectivity index (χ2v) is 5.08. The molecule has 1 N–H and O–H groups in total. The molecule has 3 nitrogen and oxygen atoms in total. The summed E-state index contributed by atoms with van der Waals surface area (Å²) in [6.07, 6.45) is 3.41. The first-order valence-corrected chi connectivity index (χ1v) is 6.49. The van der Waals surface area contributed by atoms with Crippen molar-refractivity contribution >= 4 is 0 Å². The van der Waals surface area contributed by atoms with E-state index in [1.165, 1.54) is 0 Å². The van der Waals surface area contributed by atoms with Crippen molar-refractivity contribution in [3.63, 3.8) is 0 Å². The molecule has 3 atom stereocenters. The Balaban J connectivity index is 2.39. The van der Waals surface area contributed by atoms with Crippen molar-refractivity contribution in [2.45, 2.75) is 51.7 Å². The summed E-state index contributed by atoms with van der Waals surface area (Å²) in [6.45, 7) is 4.13. The minimum atomic E-state index is -0.255. The Morgan fingerprint density at radius 3 is 2.82 bits per heavy atom.